The smallest absolute Gasteiger partial charge is 0.346 e. The quantitative estimate of drug-likeness (QED) is 0.342. The number of nitrogens with zero attached hydrogens (tertiary/aromatic N) is 2. The molecule has 1 aliphatic heterocycles. The molecule has 5 atom stereocenters. The minimum Gasteiger partial charge on any atom is -0.479 e. The van der Waals surface area contributed by atoms with Crippen LogP contribution in [0.2, 0.25) is 0 Å². The van der Waals surface area contributed by atoms with Crippen molar-refractivity contribution in [1.82, 2.24) is 5.01 Å². The molecule has 4 rings (SSSR count). The number of allylic oxidation sites excluding steroid dienone is 2. The van der Waals surface area contributed by atoms with E-state index >= 15 is 0 Å². The number of esters is 1. The van der Waals surface area contributed by atoms with Gasteiger partial charge in [-0.2, -0.15) is 10.1 Å². The molecule has 7 heteroatoms. The number of methoxy groups -OCH3 is 1. The molecule has 1 aromatic rings. The number of imide groups is 1. The van der Waals surface area contributed by atoms with E-state index in [9.17, 15) is 14.4 Å². The molecule has 140 valence electrons. The standard InChI is InChI=1S/C20H20N2O5/c1-11(20(25)26-2)27-15-7-3-12(4-8-15)10-21-22-18(23)16-13-5-6-14(9-13)17(16)19(22)24/h3-8,10-11,13-14,16-17H,9H2,1-2H3/t11-,13+,14+,16-,17+/m1/s1. The lowest BCUT2D eigenvalue weighted by atomic mass is 9.85. The van der Waals surface area contributed by atoms with Crippen LogP contribution in [0.1, 0.15) is 18.9 Å². The monoisotopic (exact) mass is 368 g/mol. The Balaban J connectivity index is 1.42. The molecule has 1 saturated carbocycles. The molecule has 7 nitrogen and oxygen atoms in total. The molecule has 1 aromatic carbocycles. The minimum absolute atomic E-state index is 0.171. The SMILES string of the molecule is COC(=O)[C@@H](C)Oc1ccc(C=NN2C(=O)[C@@H]3[C@H](C2=O)[C@H]2C=C[C@H]3C2)cc1. The van der Waals surface area contributed by atoms with Gasteiger partial charge < -0.3 is 9.47 Å². The van der Waals surface area contributed by atoms with Gasteiger partial charge >= 0.3 is 5.97 Å². The lowest BCUT2D eigenvalue weighted by molar-refractivity contribution is -0.148. The third-order valence-electron chi connectivity index (χ3n) is 5.50. The molecule has 2 fully saturated rings. The Morgan fingerprint density at radius 2 is 1.74 bits per heavy atom. The zero-order valence-electron chi connectivity index (χ0n) is 15.1. The van der Waals surface area contributed by atoms with E-state index in [1.807, 2.05) is 0 Å². The van der Waals surface area contributed by atoms with Gasteiger partial charge in [0.2, 0.25) is 0 Å². The van der Waals surface area contributed by atoms with Crippen LogP contribution in [0.5, 0.6) is 5.75 Å². The Kier molecular flexibility index (Phi) is 4.30. The van der Waals surface area contributed by atoms with Crippen molar-refractivity contribution in [2.24, 2.45) is 28.8 Å². The maximum atomic E-state index is 12.6. The molecule has 3 aliphatic rings. The number of amides is 2. The summed E-state index contributed by atoms with van der Waals surface area (Å²) in [4.78, 5) is 36.5. The third kappa shape index (κ3) is 2.93. The first kappa shape index (κ1) is 17.5. The molecule has 2 amide bonds. The van der Waals surface area contributed by atoms with Crippen molar-refractivity contribution < 1.29 is 23.9 Å². The van der Waals surface area contributed by atoms with E-state index in [-0.39, 0.29) is 35.5 Å². The maximum Gasteiger partial charge on any atom is 0.346 e. The van der Waals surface area contributed by atoms with E-state index in [1.165, 1.54) is 13.3 Å². The van der Waals surface area contributed by atoms with Crippen LogP contribution in [0.4, 0.5) is 0 Å². The number of carbonyl (C=O) groups is 3. The van der Waals surface area contributed by atoms with Crippen molar-refractivity contribution in [2.45, 2.75) is 19.4 Å². The molecule has 1 saturated heterocycles. The van der Waals surface area contributed by atoms with Crippen molar-refractivity contribution in [1.29, 1.82) is 0 Å². The van der Waals surface area contributed by atoms with Crippen LogP contribution in [-0.4, -0.2) is 42.2 Å². The summed E-state index contributed by atoms with van der Waals surface area (Å²) in [7, 11) is 1.30. The van der Waals surface area contributed by atoms with Crippen LogP contribution >= 0.6 is 0 Å². The molecule has 0 radical (unpaired) electrons. The van der Waals surface area contributed by atoms with Crippen LogP contribution in [0.25, 0.3) is 0 Å². The van der Waals surface area contributed by atoms with Gasteiger partial charge in [0.15, 0.2) is 6.10 Å². The van der Waals surface area contributed by atoms with Crippen molar-refractivity contribution in [3.8, 4) is 5.75 Å². The normalized spacial score (nSPS) is 29.5. The number of hydrogen-bond acceptors (Lipinski definition) is 6. The third-order valence-corrected chi connectivity index (χ3v) is 5.50. The number of hydrogen-bond donors (Lipinski definition) is 0. The van der Waals surface area contributed by atoms with Gasteiger partial charge in [-0.1, -0.05) is 12.2 Å². The predicted molar refractivity (Wildman–Crippen MR) is 95.7 cm³/mol. The summed E-state index contributed by atoms with van der Waals surface area (Å²) in [5.41, 5.74) is 0.715. The second-order valence-corrected chi connectivity index (χ2v) is 7.09. The van der Waals surface area contributed by atoms with Gasteiger partial charge in [0.05, 0.1) is 25.2 Å². The molecule has 0 aromatic heterocycles. The van der Waals surface area contributed by atoms with Crippen molar-refractivity contribution in [3.05, 3.63) is 42.0 Å². The van der Waals surface area contributed by atoms with Gasteiger partial charge in [-0.25, -0.2) is 4.79 Å². The number of hydrazone groups is 1. The first-order valence-corrected chi connectivity index (χ1v) is 8.94. The fraction of sp³-hybridized carbons (Fsp3) is 0.400. The van der Waals surface area contributed by atoms with E-state index in [2.05, 4.69) is 22.0 Å². The fourth-order valence-electron chi connectivity index (χ4n) is 4.18. The van der Waals surface area contributed by atoms with E-state index in [0.717, 1.165) is 11.4 Å². The number of ether oxygens (including phenoxy) is 2. The summed E-state index contributed by atoms with van der Waals surface area (Å²) in [6.07, 6.45) is 5.78. The number of fused-ring (bicyclic) bond motifs is 5. The second kappa shape index (κ2) is 6.64. The van der Waals surface area contributed by atoms with Gasteiger partial charge in [0, 0.05) is 0 Å². The van der Waals surface area contributed by atoms with E-state index in [1.54, 1.807) is 31.2 Å². The molecule has 2 aliphatic carbocycles. The highest BCUT2D eigenvalue weighted by Crippen LogP contribution is 2.52. The van der Waals surface area contributed by atoms with Gasteiger partial charge in [0.25, 0.3) is 11.8 Å². The molecule has 2 bridgehead atoms. The summed E-state index contributed by atoms with van der Waals surface area (Å²) in [5.74, 6) is -0.513. The van der Waals surface area contributed by atoms with Crippen LogP contribution in [0.3, 0.4) is 0 Å². The summed E-state index contributed by atoms with van der Waals surface area (Å²) in [6, 6.07) is 6.85. The molecular weight excluding hydrogens is 348 g/mol. The zero-order valence-corrected chi connectivity index (χ0v) is 15.1. The van der Waals surface area contributed by atoms with Crippen LogP contribution in [0, 0.1) is 23.7 Å². The zero-order chi connectivity index (χ0) is 19.1. The number of rotatable bonds is 5. The highest BCUT2D eigenvalue weighted by atomic mass is 16.6. The lowest BCUT2D eigenvalue weighted by Crippen LogP contribution is -2.28. The number of carbonyl (C=O) groups excluding carboxylic acids is 3. The van der Waals surface area contributed by atoms with E-state index in [4.69, 9.17) is 4.74 Å². The first-order valence-electron chi connectivity index (χ1n) is 8.94. The Morgan fingerprint density at radius 3 is 2.30 bits per heavy atom. The van der Waals surface area contributed by atoms with E-state index < -0.39 is 12.1 Å². The largest absolute Gasteiger partial charge is 0.479 e. The van der Waals surface area contributed by atoms with E-state index in [0.29, 0.717) is 11.3 Å². The molecule has 1 heterocycles. The second-order valence-electron chi connectivity index (χ2n) is 7.09. The summed E-state index contributed by atoms with van der Waals surface area (Å²) >= 11 is 0. The maximum absolute atomic E-state index is 12.6. The summed E-state index contributed by atoms with van der Waals surface area (Å²) < 4.78 is 10.1. The van der Waals surface area contributed by atoms with Crippen molar-refractivity contribution in [2.75, 3.05) is 7.11 Å². The van der Waals surface area contributed by atoms with Gasteiger partial charge in [0.1, 0.15) is 5.75 Å². The average molecular weight is 368 g/mol. The Labute approximate surface area is 156 Å². The topological polar surface area (TPSA) is 85.3 Å². The molecule has 0 spiro atoms. The van der Waals surface area contributed by atoms with Crippen molar-refractivity contribution in [3.63, 3.8) is 0 Å². The van der Waals surface area contributed by atoms with Crippen LogP contribution in [0.15, 0.2) is 41.5 Å². The van der Waals surface area contributed by atoms with Gasteiger partial charge in [-0.15, -0.1) is 0 Å². The Hall–Kier alpha value is -2.96. The molecular formula is C20H20N2O5. The van der Waals surface area contributed by atoms with Crippen LogP contribution in [-0.2, 0) is 19.1 Å². The number of benzene rings is 1. The predicted octanol–water partition coefficient (Wildman–Crippen LogP) is 1.77. The summed E-state index contributed by atoms with van der Waals surface area (Å²) in [5, 5.41) is 5.15. The van der Waals surface area contributed by atoms with Gasteiger partial charge in [-0.05, 0) is 55.0 Å². The lowest BCUT2D eigenvalue weighted by Gasteiger charge is -2.13. The van der Waals surface area contributed by atoms with Crippen LogP contribution < -0.4 is 4.74 Å². The highest BCUT2D eigenvalue weighted by Gasteiger charge is 2.59. The first-order chi connectivity index (χ1) is 13.0. The Bertz CT molecular complexity index is 814. The summed E-state index contributed by atoms with van der Waals surface area (Å²) in [6.45, 7) is 1.60. The Morgan fingerprint density at radius 1 is 1.15 bits per heavy atom. The fourth-order valence-corrected chi connectivity index (χ4v) is 4.18. The minimum atomic E-state index is -0.710. The molecule has 0 unspecified atom stereocenters. The van der Waals surface area contributed by atoms with Gasteiger partial charge in [-0.3, -0.25) is 9.59 Å². The van der Waals surface area contributed by atoms with Crippen molar-refractivity contribution >= 4 is 24.0 Å². The molecule has 0 N–H and O–H groups in total. The average Bonchev–Trinajstić information content (AvgIpc) is 3.35. The molecule has 27 heavy (non-hydrogen) atoms. The highest BCUT2D eigenvalue weighted by molar-refractivity contribution is 6.06.